The fourth-order valence-corrected chi connectivity index (χ4v) is 4.10. The second kappa shape index (κ2) is 11.4. The third-order valence-electron chi connectivity index (χ3n) is 5.87. The summed E-state index contributed by atoms with van der Waals surface area (Å²) in [6, 6.07) is 10.4. The summed E-state index contributed by atoms with van der Waals surface area (Å²) >= 11 is 0. The lowest BCUT2D eigenvalue weighted by Crippen LogP contribution is -2.20. The van der Waals surface area contributed by atoms with Gasteiger partial charge in [0, 0.05) is 30.6 Å². The number of benzene rings is 1. The summed E-state index contributed by atoms with van der Waals surface area (Å²) in [6.45, 7) is 1.03. The van der Waals surface area contributed by atoms with Crippen molar-refractivity contribution >= 4 is 23.6 Å². The first-order chi connectivity index (χ1) is 16.6. The van der Waals surface area contributed by atoms with Crippen molar-refractivity contribution in [3.63, 3.8) is 0 Å². The monoisotopic (exact) mass is 463 g/mol. The first kappa shape index (κ1) is 23.5. The Morgan fingerprint density at radius 2 is 1.88 bits per heavy atom. The molecule has 34 heavy (non-hydrogen) atoms. The Hall–Kier alpha value is -3.68. The summed E-state index contributed by atoms with van der Waals surface area (Å²) in [5, 5.41) is 6.43. The van der Waals surface area contributed by atoms with E-state index in [1.54, 1.807) is 24.5 Å². The molecule has 1 aromatic carbocycles. The number of hydrogen-bond acceptors (Lipinski definition) is 5. The lowest BCUT2D eigenvalue weighted by Gasteiger charge is -2.23. The van der Waals surface area contributed by atoms with Gasteiger partial charge >= 0.3 is 0 Å². The van der Waals surface area contributed by atoms with Crippen LogP contribution in [0.1, 0.15) is 37.7 Å². The summed E-state index contributed by atoms with van der Waals surface area (Å²) < 4.78 is 27.5. The van der Waals surface area contributed by atoms with Gasteiger partial charge in [-0.2, -0.15) is 0 Å². The number of aldehydes is 1. The number of anilines is 2. The molecular formula is C26H27F2N5O. The predicted octanol–water partition coefficient (Wildman–Crippen LogP) is 5.62. The van der Waals surface area contributed by atoms with Crippen LogP contribution in [0, 0.1) is 17.6 Å². The Bertz CT molecular complexity index is 1130. The van der Waals surface area contributed by atoms with Gasteiger partial charge in [0.25, 0.3) is 0 Å². The minimum Gasteiger partial charge on any atom is -0.368 e. The molecule has 3 aromatic rings. The van der Waals surface area contributed by atoms with Crippen LogP contribution < -0.4 is 10.6 Å². The molecule has 1 saturated carbocycles. The lowest BCUT2D eigenvalue weighted by atomic mass is 9.89. The van der Waals surface area contributed by atoms with E-state index >= 15 is 0 Å². The highest BCUT2D eigenvalue weighted by molar-refractivity contribution is 6.33. The number of halogens is 2. The van der Waals surface area contributed by atoms with E-state index in [1.807, 2.05) is 12.1 Å². The van der Waals surface area contributed by atoms with Crippen molar-refractivity contribution in [3.8, 4) is 11.3 Å². The quantitative estimate of drug-likeness (QED) is 0.257. The number of carbonyl (C=O) groups is 1. The van der Waals surface area contributed by atoms with Gasteiger partial charge in [0.1, 0.15) is 11.6 Å². The second-order valence-electron chi connectivity index (χ2n) is 8.44. The highest BCUT2D eigenvalue weighted by atomic mass is 19.1. The van der Waals surface area contributed by atoms with Gasteiger partial charge in [-0.3, -0.25) is 14.8 Å². The molecule has 1 aliphatic carbocycles. The van der Waals surface area contributed by atoms with Crippen molar-refractivity contribution in [2.45, 2.75) is 38.6 Å². The molecule has 6 nitrogen and oxygen atoms in total. The SMILES string of the molecule is O=CC(=NCc1cccnc1)Nc1ccc(-c2cc(F)cc(F)c2)nc1NCC1CCCCC1. The largest absolute Gasteiger partial charge is 0.368 e. The second-order valence-corrected chi connectivity index (χ2v) is 8.44. The molecule has 2 heterocycles. The highest BCUT2D eigenvalue weighted by Gasteiger charge is 2.16. The van der Waals surface area contributed by atoms with Gasteiger partial charge in [-0.15, -0.1) is 0 Å². The van der Waals surface area contributed by atoms with Gasteiger partial charge in [0.05, 0.1) is 17.9 Å². The summed E-state index contributed by atoms with van der Waals surface area (Å²) in [5.41, 5.74) is 2.20. The van der Waals surface area contributed by atoms with Crippen LogP contribution in [0.3, 0.4) is 0 Å². The van der Waals surface area contributed by atoms with E-state index in [4.69, 9.17) is 0 Å². The minimum atomic E-state index is -0.665. The van der Waals surface area contributed by atoms with E-state index in [-0.39, 0.29) is 5.84 Å². The van der Waals surface area contributed by atoms with Gasteiger partial charge in [-0.05, 0) is 54.7 Å². The molecule has 0 saturated heterocycles. The maximum absolute atomic E-state index is 13.8. The molecule has 0 bridgehead atoms. The number of nitrogens with one attached hydrogen (secondary N) is 2. The van der Waals surface area contributed by atoms with Gasteiger partial charge < -0.3 is 10.6 Å². The fraction of sp³-hybridized carbons (Fsp3) is 0.308. The first-order valence-electron chi connectivity index (χ1n) is 11.5. The molecule has 0 unspecified atom stereocenters. The number of aromatic nitrogens is 2. The fourth-order valence-electron chi connectivity index (χ4n) is 4.10. The van der Waals surface area contributed by atoms with Crippen molar-refractivity contribution in [1.29, 1.82) is 0 Å². The van der Waals surface area contributed by atoms with Gasteiger partial charge in [0.15, 0.2) is 17.9 Å². The van der Waals surface area contributed by atoms with E-state index in [0.717, 1.165) is 31.0 Å². The van der Waals surface area contributed by atoms with Crippen molar-refractivity contribution in [2.75, 3.05) is 17.2 Å². The molecule has 0 aliphatic heterocycles. The van der Waals surface area contributed by atoms with Crippen LogP contribution in [0.25, 0.3) is 11.3 Å². The molecule has 0 spiro atoms. The van der Waals surface area contributed by atoms with Gasteiger partial charge in [-0.25, -0.2) is 13.8 Å². The number of pyridine rings is 2. The third-order valence-corrected chi connectivity index (χ3v) is 5.87. The molecule has 1 aliphatic rings. The van der Waals surface area contributed by atoms with Crippen LogP contribution in [0.5, 0.6) is 0 Å². The minimum absolute atomic E-state index is 0.149. The van der Waals surface area contributed by atoms with E-state index in [0.29, 0.717) is 41.5 Å². The Morgan fingerprint density at radius 1 is 1.09 bits per heavy atom. The Morgan fingerprint density at radius 3 is 2.59 bits per heavy atom. The van der Waals surface area contributed by atoms with Crippen molar-refractivity contribution in [3.05, 3.63) is 72.1 Å². The standard InChI is InChI=1S/C26H27F2N5O/c27-21-11-20(12-22(28)13-21)23-8-9-24(26(33-23)31-15-18-5-2-1-3-6-18)32-25(17-34)30-16-19-7-4-10-29-14-19/h4,7-14,17-18H,1-3,5-6,15-16H2,(H,30,32)(H,31,33). The van der Waals surface area contributed by atoms with Crippen LogP contribution in [0.4, 0.5) is 20.3 Å². The number of nitrogens with zero attached hydrogens (tertiary/aromatic N) is 3. The molecule has 0 radical (unpaired) electrons. The summed E-state index contributed by atoms with van der Waals surface area (Å²) in [6.07, 6.45) is 10.0. The zero-order valence-corrected chi connectivity index (χ0v) is 18.8. The molecule has 176 valence electrons. The summed E-state index contributed by atoms with van der Waals surface area (Å²) in [7, 11) is 0. The number of aliphatic imine (C=N–C) groups is 1. The molecular weight excluding hydrogens is 436 g/mol. The van der Waals surface area contributed by atoms with E-state index < -0.39 is 11.6 Å². The molecule has 8 heteroatoms. The Kier molecular flexibility index (Phi) is 7.91. The van der Waals surface area contributed by atoms with E-state index in [9.17, 15) is 13.6 Å². The maximum Gasteiger partial charge on any atom is 0.185 e. The molecule has 0 atom stereocenters. The maximum atomic E-state index is 13.8. The Labute approximate surface area is 197 Å². The molecule has 2 aromatic heterocycles. The van der Waals surface area contributed by atoms with Crippen molar-refractivity contribution < 1.29 is 13.6 Å². The topological polar surface area (TPSA) is 79.3 Å². The predicted molar refractivity (Wildman–Crippen MR) is 130 cm³/mol. The highest BCUT2D eigenvalue weighted by Crippen LogP contribution is 2.29. The van der Waals surface area contributed by atoms with Gasteiger partial charge in [-0.1, -0.05) is 25.3 Å². The van der Waals surface area contributed by atoms with E-state index in [2.05, 4.69) is 25.6 Å². The van der Waals surface area contributed by atoms with Crippen LogP contribution in [-0.2, 0) is 11.3 Å². The van der Waals surface area contributed by atoms with Crippen LogP contribution in [0.15, 0.2) is 59.9 Å². The van der Waals surface area contributed by atoms with Crippen molar-refractivity contribution in [2.24, 2.45) is 10.9 Å². The first-order valence-corrected chi connectivity index (χ1v) is 11.5. The molecule has 0 amide bonds. The van der Waals surface area contributed by atoms with Gasteiger partial charge in [0.2, 0.25) is 0 Å². The molecule has 1 fully saturated rings. The molecule has 4 rings (SSSR count). The van der Waals surface area contributed by atoms with Crippen molar-refractivity contribution in [1.82, 2.24) is 9.97 Å². The number of amidine groups is 1. The zero-order valence-electron chi connectivity index (χ0n) is 18.8. The average molecular weight is 464 g/mol. The van der Waals surface area contributed by atoms with Crippen LogP contribution in [0.2, 0.25) is 0 Å². The van der Waals surface area contributed by atoms with Crippen LogP contribution in [-0.4, -0.2) is 28.6 Å². The zero-order chi connectivity index (χ0) is 23.8. The Balaban J connectivity index is 1.59. The summed E-state index contributed by atoms with van der Waals surface area (Å²) in [4.78, 5) is 24.7. The normalized spacial score (nSPS) is 14.6. The van der Waals surface area contributed by atoms with Crippen LogP contribution >= 0.6 is 0 Å². The smallest absolute Gasteiger partial charge is 0.185 e. The lowest BCUT2D eigenvalue weighted by molar-refractivity contribution is -0.102. The summed E-state index contributed by atoms with van der Waals surface area (Å²) in [5.74, 6) is -0.147. The average Bonchev–Trinajstić information content (AvgIpc) is 2.86. The third kappa shape index (κ3) is 6.43. The number of hydrogen-bond donors (Lipinski definition) is 2. The molecule has 2 N–H and O–H groups in total. The van der Waals surface area contributed by atoms with E-state index in [1.165, 1.54) is 31.4 Å². The number of rotatable bonds is 8. The number of carbonyl (C=O) groups excluding carboxylic acids is 1.